The molecule has 30 heavy (non-hydrogen) atoms. The number of nitrogens with zero attached hydrogens (tertiary/aromatic N) is 2. The van der Waals surface area contributed by atoms with Gasteiger partial charge in [0, 0.05) is 11.3 Å². The highest BCUT2D eigenvalue weighted by Gasteiger charge is 2.16. The standard InChI is InChI=1S/C22H18FN3O2S2/c1-14-5-4-7-16(11-14)24-19(27)13-30-22-25-18-9-10-29-20(18)21(28)26(22)12-15-6-2-3-8-17(15)23/h2-11H,12-13H2,1H3,(H,24,27). The van der Waals surface area contributed by atoms with E-state index in [2.05, 4.69) is 10.3 Å². The summed E-state index contributed by atoms with van der Waals surface area (Å²) in [5, 5.41) is 5.03. The lowest BCUT2D eigenvalue weighted by Gasteiger charge is -2.13. The third-order valence-electron chi connectivity index (χ3n) is 4.45. The van der Waals surface area contributed by atoms with Gasteiger partial charge in [0.05, 0.1) is 17.8 Å². The van der Waals surface area contributed by atoms with Gasteiger partial charge in [-0.15, -0.1) is 11.3 Å². The maximum Gasteiger partial charge on any atom is 0.272 e. The molecular weight excluding hydrogens is 421 g/mol. The summed E-state index contributed by atoms with van der Waals surface area (Å²) in [6.45, 7) is 2.00. The highest BCUT2D eigenvalue weighted by atomic mass is 32.2. The molecule has 0 unspecified atom stereocenters. The summed E-state index contributed by atoms with van der Waals surface area (Å²) < 4.78 is 16.1. The molecule has 0 radical (unpaired) electrons. The van der Waals surface area contributed by atoms with E-state index < -0.39 is 0 Å². The zero-order chi connectivity index (χ0) is 21.1. The molecule has 5 nitrogen and oxygen atoms in total. The van der Waals surface area contributed by atoms with E-state index in [9.17, 15) is 14.0 Å². The Bertz CT molecular complexity index is 1280. The van der Waals surface area contributed by atoms with Gasteiger partial charge in [0.15, 0.2) is 5.16 Å². The number of thiophene rings is 1. The third kappa shape index (κ3) is 4.44. The van der Waals surface area contributed by atoms with Crippen LogP contribution in [0.2, 0.25) is 0 Å². The quantitative estimate of drug-likeness (QED) is 0.350. The second-order valence-electron chi connectivity index (χ2n) is 6.72. The molecule has 152 valence electrons. The van der Waals surface area contributed by atoms with Gasteiger partial charge in [-0.25, -0.2) is 9.37 Å². The van der Waals surface area contributed by atoms with Crippen LogP contribution in [0.5, 0.6) is 0 Å². The Kier molecular flexibility index (Phi) is 5.96. The summed E-state index contributed by atoms with van der Waals surface area (Å²) >= 11 is 2.46. The lowest BCUT2D eigenvalue weighted by atomic mass is 10.2. The summed E-state index contributed by atoms with van der Waals surface area (Å²) in [6.07, 6.45) is 0. The average molecular weight is 440 g/mol. The molecule has 1 N–H and O–H groups in total. The van der Waals surface area contributed by atoms with E-state index >= 15 is 0 Å². The molecule has 0 saturated heterocycles. The normalized spacial score (nSPS) is 11.0. The monoisotopic (exact) mass is 439 g/mol. The van der Waals surface area contributed by atoms with Crippen LogP contribution in [-0.4, -0.2) is 21.2 Å². The Morgan fingerprint density at radius 3 is 2.83 bits per heavy atom. The number of aryl methyl sites for hydroxylation is 1. The molecule has 0 aliphatic rings. The molecule has 2 heterocycles. The van der Waals surface area contributed by atoms with Gasteiger partial charge in [0.1, 0.15) is 10.5 Å². The van der Waals surface area contributed by atoms with Crippen LogP contribution in [0.1, 0.15) is 11.1 Å². The number of aromatic nitrogens is 2. The number of carbonyl (C=O) groups excluding carboxylic acids is 1. The van der Waals surface area contributed by atoms with Crippen LogP contribution in [-0.2, 0) is 11.3 Å². The average Bonchev–Trinajstić information content (AvgIpc) is 3.19. The lowest BCUT2D eigenvalue weighted by Crippen LogP contribution is -2.24. The van der Waals surface area contributed by atoms with Crippen LogP contribution in [0.25, 0.3) is 10.2 Å². The van der Waals surface area contributed by atoms with Crippen molar-refractivity contribution < 1.29 is 9.18 Å². The Labute approximate surface area is 180 Å². The molecule has 0 fully saturated rings. The summed E-state index contributed by atoms with van der Waals surface area (Å²) in [4.78, 5) is 30.0. The summed E-state index contributed by atoms with van der Waals surface area (Å²) in [5.41, 5.74) is 2.49. The van der Waals surface area contributed by atoms with E-state index in [1.54, 1.807) is 29.6 Å². The molecule has 2 aromatic heterocycles. The first-order valence-corrected chi connectivity index (χ1v) is 11.1. The number of hydrogen-bond acceptors (Lipinski definition) is 5. The van der Waals surface area contributed by atoms with Crippen LogP contribution in [0.4, 0.5) is 10.1 Å². The van der Waals surface area contributed by atoms with Crippen molar-refractivity contribution in [2.75, 3.05) is 11.1 Å². The van der Waals surface area contributed by atoms with Crippen molar-refractivity contribution in [2.45, 2.75) is 18.6 Å². The SMILES string of the molecule is Cc1cccc(NC(=O)CSc2nc3ccsc3c(=O)n2Cc2ccccc2F)c1. The van der Waals surface area contributed by atoms with Crippen molar-refractivity contribution in [3.63, 3.8) is 0 Å². The molecule has 2 aromatic carbocycles. The Morgan fingerprint density at radius 1 is 1.20 bits per heavy atom. The van der Waals surface area contributed by atoms with E-state index in [4.69, 9.17) is 0 Å². The van der Waals surface area contributed by atoms with Gasteiger partial charge in [-0.1, -0.05) is 42.1 Å². The molecule has 0 saturated carbocycles. The summed E-state index contributed by atoms with van der Waals surface area (Å²) in [5.74, 6) is -0.514. The fraction of sp³-hybridized carbons (Fsp3) is 0.136. The highest BCUT2D eigenvalue weighted by Crippen LogP contribution is 2.22. The van der Waals surface area contributed by atoms with Crippen molar-refractivity contribution in [3.8, 4) is 0 Å². The third-order valence-corrected chi connectivity index (χ3v) is 6.32. The first-order valence-electron chi connectivity index (χ1n) is 9.22. The molecule has 4 aromatic rings. The van der Waals surface area contributed by atoms with Gasteiger partial charge in [-0.2, -0.15) is 0 Å². The highest BCUT2D eigenvalue weighted by molar-refractivity contribution is 7.99. The van der Waals surface area contributed by atoms with E-state index in [0.29, 0.717) is 26.6 Å². The molecule has 0 bridgehead atoms. The molecular formula is C22H18FN3O2S2. The van der Waals surface area contributed by atoms with E-state index in [1.165, 1.54) is 22.0 Å². The number of hydrogen-bond donors (Lipinski definition) is 1. The predicted molar refractivity (Wildman–Crippen MR) is 120 cm³/mol. The minimum absolute atomic E-state index is 0.0498. The van der Waals surface area contributed by atoms with Gasteiger partial charge in [0.25, 0.3) is 5.56 Å². The molecule has 8 heteroatoms. The molecule has 1 amide bonds. The summed E-state index contributed by atoms with van der Waals surface area (Å²) in [7, 11) is 0. The predicted octanol–water partition coefficient (Wildman–Crippen LogP) is 4.68. The van der Waals surface area contributed by atoms with Crippen LogP contribution in [0, 0.1) is 12.7 Å². The van der Waals surface area contributed by atoms with E-state index in [0.717, 1.165) is 17.3 Å². The second kappa shape index (κ2) is 8.81. The van der Waals surface area contributed by atoms with Gasteiger partial charge in [0.2, 0.25) is 5.91 Å². The number of nitrogens with one attached hydrogen (secondary N) is 1. The van der Waals surface area contributed by atoms with Crippen molar-refractivity contribution in [3.05, 3.63) is 87.3 Å². The van der Waals surface area contributed by atoms with E-state index in [-0.39, 0.29) is 29.6 Å². The number of carbonyl (C=O) groups is 1. The smallest absolute Gasteiger partial charge is 0.272 e. The van der Waals surface area contributed by atoms with Crippen molar-refractivity contribution in [2.24, 2.45) is 0 Å². The number of halogens is 1. The van der Waals surface area contributed by atoms with Crippen molar-refractivity contribution in [1.29, 1.82) is 0 Å². The van der Waals surface area contributed by atoms with Gasteiger partial charge in [-0.3, -0.25) is 14.2 Å². The number of benzene rings is 2. The molecule has 0 spiro atoms. The number of fused-ring (bicyclic) bond motifs is 1. The number of anilines is 1. The largest absolute Gasteiger partial charge is 0.325 e. The van der Waals surface area contributed by atoms with Gasteiger partial charge in [-0.05, 0) is 42.1 Å². The minimum atomic E-state index is -0.385. The molecule has 4 rings (SSSR count). The Hall–Kier alpha value is -2.97. The zero-order valence-corrected chi connectivity index (χ0v) is 17.7. The van der Waals surface area contributed by atoms with Crippen LogP contribution in [0.3, 0.4) is 0 Å². The van der Waals surface area contributed by atoms with Crippen molar-refractivity contribution >= 4 is 44.9 Å². The Balaban J connectivity index is 1.60. The summed E-state index contributed by atoms with van der Waals surface area (Å²) in [6, 6.07) is 15.6. The van der Waals surface area contributed by atoms with Crippen LogP contribution in [0.15, 0.2) is 69.9 Å². The first kappa shape index (κ1) is 20.3. The van der Waals surface area contributed by atoms with Crippen LogP contribution < -0.4 is 10.9 Å². The lowest BCUT2D eigenvalue weighted by molar-refractivity contribution is -0.113. The zero-order valence-electron chi connectivity index (χ0n) is 16.1. The second-order valence-corrected chi connectivity index (χ2v) is 8.58. The minimum Gasteiger partial charge on any atom is -0.325 e. The fourth-order valence-corrected chi connectivity index (χ4v) is 4.60. The maximum absolute atomic E-state index is 14.2. The topological polar surface area (TPSA) is 64.0 Å². The fourth-order valence-electron chi connectivity index (χ4n) is 3.02. The molecule has 0 atom stereocenters. The molecule has 0 aliphatic heterocycles. The Morgan fingerprint density at radius 2 is 2.03 bits per heavy atom. The number of amides is 1. The first-order chi connectivity index (χ1) is 14.5. The van der Waals surface area contributed by atoms with E-state index in [1.807, 2.05) is 31.2 Å². The van der Waals surface area contributed by atoms with Gasteiger partial charge < -0.3 is 5.32 Å². The number of thioether (sulfide) groups is 1. The van der Waals surface area contributed by atoms with Crippen LogP contribution >= 0.6 is 23.1 Å². The number of rotatable bonds is 6. The maximum atomic E-state index is 14.2. The van der Waals surface area contributed by atoms with Crippen molar-refractivity contribution in [1.82, 2.24) is 9.55 Å². The molecule has 0 aliphatic carbocycles. The van der Waals surface area contributed by atoms with Gasteiger partial charge >= 0.3 is 0 Å².